The normalized spacial score (nSPS) is 30.3. The summed E-state index contributed by atoms with van der Waals surface area (Å²) in [6, 6.07) is -0.451. The Labute approximate surface area is 70.6 Å². The monoisotopic (exact) mass is 172 g/mol. The first-order valence-electron chi connectivity index (χ1n) is 3.75. The summed E-state index contributed by atoms with van der Waals surface area (Å²) in [6.45, 7) is 3.35. The van der Waals surface area contributed by atoms with E-state index in [2.05, 4.69) is 0 Å². The van der Waals surface area contributed by atoms with Gasteiger partial charge in [0.2, 0.25) is 5.72 Å². The van der Waals surface area contributed by atoms with Gasteiger partial charge in [-0.05, 0) is 13.8 Å². The average molecular weight is 172 g/mol. The number of carbonyl (C=O) groups excluding carboxylic acids is 2. The zero-order valence-corrected chi connectivity index (χ0v) is 7.37. The van der Waals surface area contributed by atoms with Gasteiger partial charge in [0, 0.05) is 13.6 Å². The van der Waals surface area contributed by atoms with E-state index in [0.717, 1.165) is 9.80 Å². The number of nitrogens with zero attached hydrogens (tertiary/aromatic N) is 2. The Kier molecular flexibility index (Phi) is 1.83. The Balaban J connectivity index is 3.04. The van der Waals surface area contributed by atoms with Crippen LogP contribution in [0.5, 0.6) is 0 Å². The Morgan fingerprint density at radius 3 is 2.17 bits per heavy atom. The van der Waals surface area contributed by atoms with E-state index in [4.69, 9.17) is 0 Å². The van der Waals surface area contributed by atoms with Crippen LogP contribution in [0.25, 0.3) is 0 Å². The van der Waals surface area contributed by atoms with Crippen LogP contribution in [-0.4, -0.2) is 46.2 Å². The molecule has 0 radical (unpaired) electrons. The van der Waals surface area contributed by atoms with Crippen LogP contribution < -0.4 is 0 Å². The van der Waals surface area contributed by atoms with Crippen LogP contribution in [-0.2, 0) is 4.79 Å². The molecular formula is C7H12N2O3. The molecule has 12 heavy (non-hydrogen) atoms. The number of likely N-dealkylation sites (N-methyl/N-ethyl adjacent to an activating group) is 2. The van der Waals surface area contributed by atoms with Crippen molar-refractivity contribution in [3.05, 3.63) is 0 Å². The van der Waals surface area contributed by atoms with Crippen LogP contribution >= 0.6 is 0 Å². The second kappa shape index (κ2) is 2.45. The van der Waals surface area contributed by atoms with Gasteiger partial charge in [-0.15, -0.1) is 0 Å². The summed E-state index contributed by atoms with van der Waals surface area (Å²) in [5, 5.41) is 9.58. The lowest BCUT2D eigenvalue weighted by atomic mass is 10.2. The summed E-state index contributed by atoms with van der Waals surface area (Å²) >= 11 is 0. The topological polar surface area (TPSA) is 60.9 Å². The lowest BCUT2D eigenvalue weighted by Gasteiger charge is -2.24. The van der Waals surface area contributed by atoms with E-state index in [1.165, 1.54) is 14.0 Å². The van der Waals surface area contributed by atoms with Gasteiger partial charge in [0.1, 0.15) is 0 Å². The minimum Gasteiger partial charge on any atom is -0.363 e. The molecule has 0 aromatic carbocycles. The third-order valence-electron chi connectivity index (χ3n) is 2.07. The smallest absolute Gasteiger partial charge is 0.329 e. The minimum absolute atomic E-state index is 0.321. The Morgan fingerprint density at radius 1 is 1.50 bits per heavy atom. The molecular weight excluding hydrogens is 160 g/mol. The van der Waals surface area contributed by atoms with Gasteiger partial charge in [-0.3, -0.25) is 14.6 Å². The lowest BCUT2D eigenvalue weighted by Crippen LogP contribution is -2.46. The molecule has 0 saturated carbocycles. The summed E-state index contributed by atoms with van der Waals surface area (Å²) in [7, 11) is 1.36. The molecule has 0 aromatic heterocycles. The van der Waals surface area contributed by atoms with Gasteiger partial charge >= 0.3 is 6.03 Å². The number of amides is 3. The Hall–Kier alpha value is -1.10. The molecule has 5 heteroatoms. The molecule has 1 aliphatic rings. The standard InChI is InChI=1S/C7H12N2O3/c1-4-9-6(11)8(3)5(10)7(9,2)12/h12H,4H2,1-3H3. The number of hydrogen-bond donors (Lipinski definition) is 1. The molecule has 1 rings (SSSR count). The summed E-state index contributed by atoms with van der Waals surface area (Å²) < 4.78 is 0. The predicted molar refractivity (Wildman–Crippen MR) is 41.2 cm³/mol. The molecule has 0 aromatic rings. The molecule has 1 heterocycles. The molecule has 3 amide bonds. The second-order valence-electron chi connectivity index (χ2n) is 2.91. The molecule has 0 bridgehead atoms. The maximum Gasteiger partial charge on any atom is 0.329 e. The summed E-state index contributed by atoms with van der Waals surface area (Å²) in [5.74, 6) is -0.575. The summed E-state index contributed by atoms with van der Waals surface area (Å²) in [4.78, 5) is 24.5. The van der Waals surface area contributed by atoms with Gasteiger partial charge in [-0.25, -0.2) is 4.79 Å². The third kappa shape index (κ3) is 0.896. The molecule has 68 valence electrons. The van der Waals surface area contributed by atoms with Gasteiger partial charge < -0.3 is 5.11 Å². The fourth-order valence-electron chi connectivity index (χ4n) is 1.33. The van der Waals surface area contributed by atoms with Crippen molar-refractivity contribution in [3.63, 3.8) is 0 Å². The fraction of sp³-hybridized carbons (Fsp3) is 0.714. The van der Waals surface area contributed by atoms with Crippen molar-refractivity contribution in [1.82, 2.24) is 9.80 Å². The first-order valence-corrected chi connectivity index (χ1v) is 3.75. The molecule has 1 N–H and O–H groups in total. The highest BCUT2D eigenvalue weighted by atomic mass is 16.3. The molecule has 1 saturated heterocycles. The van der Waals surface area contributed by atoms with Crippen LogP contribution in [0.3, 0.4) is 0 Å². The number of urea groups is 1. The van der Waals surface area contributed by atoms with Crippen LogP contribution in [0.2, 0.25) is 0 Å². The Morgan fingerprint density at radius 2 is 2.00 bits per heavy atom. The maximum absolute atomic E-state index is 11.2. The van der Waals surface area contributed by atoms with Gasteiger partial charge in [0.25, 0.3) is 5.91 Å². The van der Waals surface area contributed by atoms with Gasteiger partial charge in [0.05, 0.1) is 0 Å². The quantitative estimate of drug-likeness (QED) is 0.548. The van der Waals surface area contributed by atoms with Crippen LogP contribution in [0.15, 0.2) is 0 Å². The predicted octanol–water partition coefficient (Wildman–Crippen LogP) is -0.391. The minimum atomic E-state index is -1.67. The second-order valence-corrected chi connectivity index (χ2v) is 2.91. The van der Waals surface area contributed by atoms with Crippen LogP contribution in [0.4, 0.5) is 4.79 Å². The van der Waals surface area contributed by atoms with Gasteiger partial charge in [-0.2, -0.15) is 0 Å². The number of hydrogen-bond acceptors (Lipinski definition) is 3. The third-order valence-corrected chi connectivity index (χ3v) is 2.07. The highest BCUT2D eigenvalue weighted by Crippen LogP contribution is 2.23. The number of aliphatic hydroxyl groups is 1. The van der Waals surface area contributed by atoms with Crippen LogP contribution in [0, 0.1) is 0 Å². The van der Waals surface area contributed by atoms with Crippen molar-refractivity contribution in [2.75, 3.05) is 13.6 Å². The van der Waals surface area contributed by atoms with Gasteiger partial charge in [0.15, 0.2) is 0 Å². The van der Waals surface area contributed by atoms with Gasteiger partial charge in [-0.1, -0.05) is 0 Å². The first-order chi connectivity index (χ1) is 5.42. The van der Waals surface area contributed by atoms with Crippen molar-refractivity contribution in [2.45, 2.75) is 19.6 Å². The molecule has 5 nitrogen and oxygen atoms in total. The lowest BCUT2D eigenvalue weighted by molar-refractivity contribution is -0.149. The Bertz CT molecular complexity index is 237. The molecule has 1 atom stereocenters. The first kappa shape index (κ1) is 8.99. The van der Waals surface area contributed by atoms with E-state index in [9.17, 15) is 14.7 Å². The summed E-state index contributed by atoms with van der Waals surface area (Å²) in [5.41, 5.74) is -1.67. The van der Waals surface area contributed by atoms with Crippen molar-refractivity contribution in [3.8, 4) is 0 Å². The van der Waals surface area contributed by atoms with E-state index in [1.54, 1.807) is 6.92 Å². The maximum atomic E-state index is 11.2. The highest BCUT2D eigenvalue weighted by Gasteiger charge is 2.50. The molecule has 1 unspecified atom stereocenters. The van der Waals surface area contributed by atoms with Crippen molar-refractivity contribution < 1.29 is 14.7 Å². The molecule has 0 aliphatic carbocycles. The number of imide groups is 1. The van der Waals surface area contributed by atoms with Crippen molar-refractivity contribution >= 4 is 11.9 Å². The number of carbonyl (C=O) groups is 2. The zero-order valence-electron chi connectivity index (χ0n) is 7.37. The molecule has 1 fully saturated rings. The van der Waals surface area contributed by atoms with E-state index in [-0.39, 0.29) is 0 Å². The number of rotatable bonds is 1. The average Bonchev–Trinajstić information content (AvgIpc) is 2.13. The molecule has 0 spiro atoms. The summed E-state index contributed by atoms with van der Waals surface area (Å²) in [6.07, 6.45) is 0. The fourth-order valence-corrected chi connectivity index (χ4v) is 1.33. The molecule has 1 aliphatic heterocycles. The zero-order chi connectivity index (χ0) is 9.52. The van der Waals surface area contributed by atoms with E-state index >= 15 is 0 Å². The van der Waals surface area contributed by atoms with Crippen LogP contribution in [0.1, 0.15) is 13.8 Å². The largest absolute Gasteiger partial charge is 0.363 e. The van der Waals surface area contributed by atoms with E-state index < -0.39 is 17.7 Å². The van der Waals surface area contributed by atoms with E-state index in [0.29, 0.717) is 6.54 Å². The van der Waals surface area contributed by atoms with Crippen molar-refractivity contribution in [1.29, 1.82) is 0 Å². The highest BCUT2D eigenvalue weighted by molar-refractivity contribution is 6.05. The van der Waals surface area contributed by atoms with Crippen molar-refractivity contribution in [2.24, 2.45) is 0 Å². The van der Waals surface area contributed by atoms with E-state index in [1.807, 2.05) is 0 Å². The SMILES string of the molecule is CCN1C(=O)N(C)C(=O)C1(C)O.